The maximum Gasteiger partial charge on any atom is 0.317 e. The van der Waals surface area contributed by atoms with Gasteiger partial charge in [-0.25, -0.2) is 8.78 Å². The van der Waals surface area contributed by atoms with Crippen LogP contribution >= 0.6 is 0 Å². The van der Waals surface area contributed by atoms with E-state index in [1.165, 1.54) is 17.8 Å². The highest BCUT2D eigenvalue weighted by Gasteiger charge is 2.47. The summed E-state index contributed by atoms with van der Waals surface area (Å²) in [5.41, 5.74) is 3.05. The molecule has 7 N–H and O–H groups in total. The van der Waals surface area contributed by atoms with E-state index in [0.717, 1.165) is 49.4 Å². The minimum atomic E-state index is -3.18. The van der Waals surface area contributed by atoms with Crippen LogP contribution in [0.15, 0.2) is 54.7 Å². The van der Waals surface area contributed by atoms with Crippen molar-refractivity contribution in [3.05, 3.63) is 71.4 Å². The van der Waals surface area contributed by atoms with Crippen molar-refractivity contribution >= 4 is 64.3 Å². The first-order valence-electron chi connectivity index (χ1n) is 32.0. The molecule has 6 rings (SSSR count). The number of nitrogens with zero attached hydrogens (tertiary/aromatic N) is 9. The van der Waals surface area contributed by atoms with E-state index in [1.807, 2.05) is 36.1 Å². The Morgan fingerprint density at radius 3 is 1.90 bits per heavy atom. The van der Waals surface area contributed by atoms with Crippen molar-refractivity contribution in [3.63, 3.8) is 0 Å². The molecule has 1 aromatic heterocycles. The van der Waals surface area contributed by atoms with Crippen LogP contribution in [0.2, 0.25) is 0 Å². The number of ether oxygens (including phenoxy) is 2. The number of fused-ring (bicyclic) bond motifs is 1. The Morgan fingerprint density at radius 2 is 1.28 bits per heavy atom. The largest absolute Gasteiger partial charge is 0.494 e. The van der Waals surface area contributed by atoms with Gasteiger partial charge < -0.3 is 55.9 Å². The number of alkyl halides is 2. The number of piperazine rings is 1. The Kier molecular flexibility index (Phi) is 30.9. The number of hydrogen-bond acceptors (Lipinski definition) is 18. The monoisotopic (exact) mass is 1300 g/mol. The number of nitriles is 1. The molecular weight excluding hydrogens is 1210 g/mol. The summed E-state index contributed by atoms with van der Waals surface area (Å²) in [5.74, 6) is -8.29. The Hall–Kier alpha value is -8.01. The molecule has 0 unspecified atom stereocenters. The van der Waals surface area contributed by atoms with Crippen LogP contribution in [0.3, 0.4) is 0 Å². The molecule has 6 amide bonds. The fourth-order valence-corrected chi connectivity index (χ4v) is 11.2. The van der Waals surface area contributed by atoms with Crippen LogP contribution in [-0.4, -0.2) is 283 Å². The van der Waals surface area contributed by atoms with Gasteiger partial charge in [0, 0.05) is 129 Å². The zero-order chi connectivity index (χ0) is 67.1. The second-order valence-corrected chi connectivity index (χ2v) is 23.8. The predicted molar refractivity (Wildman–Crippen MR) is 337 cm³/mol. The number of aliphatic carboxylic acids is 3. The third kappa shape index (κ3) is 27.2. The first-order chi connectivity index (χ1) is 44.6. The van der Waals surface area contributed by atoms with Crippen molar-refractivity contribution < 1.29 is 76.7 Å². The van der Waals surface area contributed by atoms with E-state index in [1.54, 1.807) is 43.9 Å². The van der Waals surface area contributed by atoms with Crippen molar-refractivity contribution in [1.29, 1.82) is 5.26 Å². The zero-order valence-corrected chi connectivity index (χ0v) is 53.2. The number of aromatic nitrogens is 1. The molecule has 3 saturated heterocycles. The van der Waals surface area contributed by atoms with Gasteiger partial charge in [0.1, 0.15) is 17.8 Å². The first kappa shape index (κ1) is 74.0. The van der Waals surface area contributed by atoms with E-state index < -0.39 is 79.1 Å². The topological polar surface area (TPSA) is 340 Å². The summed E-state index contributed by atoms with van der Waals surface area (Å²) in [5, 5.41) is 49.7. The van der Waals surface area contributed by atoms with Gasteiger partial charge in [-0.1, -0.05) is 36.2 Å². The van der Waals surface area contributed by atoms with Crippen molar-refractivity contribution in [2.45, 2.75) is 95.6 Å². The van der Waals surface area contributed by atoms with Gasteiger partial charge in [0.15, 0.2) is 0 Å². The van der Waals surface area contributed by atoms with Gasteiger partial charge >= 0.3 is 17.9 Å². The van der Waals surface area contributed by atoms with Crippen molar-refractivity contribution in [2.24, 2.45) is 0 Å². The van der Waals surface area contributed by atoms with Crippen LogP contribution in [0.4, 0.5) is 8.78 Å². The third-order valence-corrected chi connectivity index (χ3v) is 16.5. The molecule has 510 valence electrons. The van der Waals surface area contributed by atoms with E-state index in [-0.39, 0.29) is 129 Å². The fourth-order valence-electron chi connectivity index (χ4n) is 11.2. The fraction of sp³-hybridized carbons (Fsp3) is 0.609. The highest BCUT2D eigenvalue weighted by Crippen LogP contribution is 2.32. The molecule has 4 heterocycles. The smallest absolute Gasteiger partial charge is 0.317 e. The van der Waals surface area contributed by atoms with Gasteiger partial charge in [-0.15, -0.1) is 0 Å². The molecule has 0 aliphatic carbocycles. The minimum absolute atomic E-state index is 0.0549. The average Bonchev–Trinajstić information content (AvgIpc) is 1.78. The van der Waals surface area contributed by atoms with E-state index in [4.69, 9.17) is 9.47 Å². The highest BCUT2D eigenvalue weighted by atomic mass is 19.3. The lowest BCUT2D eigenvalue weighted by atomic mass is 10.1. The summed E-state index contributed by atoms with van der Waals surface area (Å²) in [4.78, 5) is 131. The van der Waals surface area contributed by atoms with Crippen LogP contribution < -0.4 is 26.0 Å². The summed E-state index contributed by atoms with van der Waals surface area (Å²) < 4.78 is 39.6. The van der Waals surface area contributed by atoms with Crippen molar-refractivity contribution in [3.8, 4) is 11.8 Å². The molecule has 2 aromatic carbocycles. The Balaban J connectivity index is 0.906. The Labute approximate surface area is 541 Å². The number of halogens is 2. The molecule has 0 bridgehead atoms. The number of likely N-dealkylation sites (tertiary alicyclic amines) is 1. The zero-order valence-electron chi connectivity index (χ0n) is 53.2. The maximum absolute atomic E-state index is 13.9. The lowest BCUT2D eigenvalue weighted by Gasteiger charge is -2.34. The van der Waals surface area contributed by atoms with Gasteiger partial charge in [0.05, 0.1) is 69.6 Å². The second kappa shape index (κ2) is 38.9. The van der Waals surface area contributed by atoms with Gasteiger partial charge in [0.25, 0.3) is 11.8 Å². The standard InChI is InChI=1S/C64H91F2N13O14/c1-47-11-13-48(14-12-47)8-7-9-55(80)69-21-37-92-36-18-54(72-56(81)42-74-23-25-75(43-59(84)85)27-29-77(45-61(88)89)30-28-76(26-24-74)44-60(86)87)63(91)70-19-4-2-3-10-57(82)78-33-31-73(32-34-78)22-5-6-35-93-50-15-16-53-52(38-50)51(17-20-68-53)62(90)71-41-58(83)79-46-64(65,66)39-49(79)40-67/h11-17,20,38,49,54H,2-10,18-19,21-37,39,41-46H2,1H3,(H,69,80)(H,70,91)(H,71,90)(H,72,81)(H,84,85)(H,86,87)(H,88,89)/t49-,54+/m1/s1. The number of carbonyl (C=O) groups is 9. The number of hydrogen-bond donors (Lipinski definition) is 7. The summed E-state index contributed by atoms with van der Waals surface area (Å²) >= 11 is 0. The molecule has 29 heteroatoms. The maximum atomic E-state index is 13.9. The van der Waals surface area contributed by atoms with E-state index in [9.17, 15) is 72.5 Å². The second-order valence-electron chi connectivity index (χ2n) is 23.8. The molecule has 27 nitrogen and oxygen atoms in total. The molecule has 0 saturated carbocycles. The van der Waals surface area contributed by atoms with Gasteiger partial charge in [-0.05, 0) is 88.2 Å². The molecule has 3 aromatic rings. The van der Waals surface area contributed by atoms with E-state index in [0.29, 0.717) is 74.9 Å². The lowest BCUT2D eigenvalue weighted by molar-refractivity contribution is -0.140. The SMILES string of the molecule is Cc1ccc(CCCC(=O)NCCOCC[C@H](NC(=O)CN2CCN(CC(=O)O)CCN(CC(=O)O)CCN(CC(=O)O)CC2)C(=O)NCCCCCC(=O)N2CCN(CCCCOc3ccc4nccc(C(=O)NCC(=O)N5CC(F)(F)C[C@@H]5C#N)c4c3)CC2)cc1. The summed E-state index contributed by atoms with van der Waals surface area (Å²) in [7, 11) is 0. The third-order valence-electron chi connectivity index (χ3n) is 16.5. The minimum Gasteiger partial charge on any atom is -0.494 e. The molecule has 93 heavy (non-hydrogen) atoms. The Morgan fingerprint density at radius 1 is 0.656 bits per heavy atom. The number of carboxylic acid groups (broad SMARTS) is 3. The van der Waals surface area contributed by atoms with Crippen LogP contribution in [0, 0.1) is 18.3 Å². The number of nitrogens with one attached hydrogen (secondary N) is 4. The summed E-state index contributed by atoms with van der Waals surface area (Å²) in [6, 6.07) is 14.2. The van der Waals surface area contributed by atoms with Gasteiger partial charge in [0.2, 0.25) is 29.5 Å². The van der Waals surface area contributed by atoms with Crippen molar-refractivity contribution in [2.75, 3.05) is 157 Å². The van der Waals surface area contributed by atoms with E-state index in [2.05, 4.69) is 31.2 Å². The molecule has 2 atom stereocenters. The Bertz CT molecular complexity index is 2970. The van der Waals surface area contributed by atoms with Crippen LogP contribution in [0.25, 0.3) is 10.9 Å². The predicted octanol–water partition coefficient (Wildman–Crippen LogP) is 1.52. The lowest BCUT2D eigenvalue weighted by Crippen LogP contribution is -2.52. The molecular formula is C64H91F2N13O14. The number of carboxylic acids is 3. The molecule has 3 aliphatic heterocycles. The number of aryl methyl sites for hydroxylation is 2. The molecule has 3 aliphatic rings. The molecule has 3 fully saturated rings. The first-order valence-corrected chi connectivity index (χ1v) is 32.0. The highest BCUT2D eigenvalue weighted by molar-refractivity contribution is 6.07. The summed E-state index contributed by atoms with van der Waals surface area (Å²) in [6.45, 7) is 5.69. The average molecular weight is 1300 g/mol. The summed E-state index contributed by atoms with van der Waals surface area (Å²) in [6.07, 6.45) is 6.35. The number of unbranched alkanes of at least 4 members (excludes halogenated alkanes) is 3. The number of carbonyl (C=O) groups excluding carboxylic acids is 6. The number of amides is 6. The number of pyridine rings is 1. The van der Waals surface area contributed by atoms with Crippen LogP contribution in [-0.2, 0) is 49.5 Å². The number of rotatable bonds is 35. The van der Waals surface area contributed by atoms with Gasteiger partial charge in [-0.2, -0.15) is 5.26 Å². The quantitative estimate of drug-likeness (QED) is 0.0411. The normalized spacial score (nSPS) is 17.5. The van der Waals surface area contributed by atoms with E-state index >= 15 is 0 Å². The van der Waals surface area contributed by atoms with Gasteiger partial charge in [-0.3, -0.25) is 72.6 Å². The number of benzene rings is 2. The van der Waals surface area contributed by atoms with Crippen molar-refractivity contribution in [1.82, 2.24) is 60.6 Å². The molecule has 0 spiro atoms. The molecule has 0 radical (unpaired) electrons. The van der Waals surface area contributed by atoms with Crippen LogP contribution in [0.1, 0.15) is 85.7 Å². The van der Waals surface area contributed by atoms with Crippen LogP contribution in [0.5, 0.6) is 5.75 Å².